The van der Waals surface area contributed by atoms with Gasteiger partial charge >= 0.3 is 11.9 Å². The summed E-state index contributed by atoms with van der Waals surface area (Å²) in [7, 11) is 0. The molecule has 1 saturated carbocycles. The molecule has 1 aliphatic carbocycles. The number of hydrogen-bond donors (Lipinski definition) is 1. The van der Waals surface area contributed by atoms with Crippen molar-refractivity contribution in [3.8, 4) is 0 Å². The number of carbonyl (C=O) groups excluding carboxylic acids is 2. The van der Waals surface area contributed by atoms with Gasteiger partial charge in [-0.1, -0.05) is 94.3 Å². The minimum atomic E-state index is -1.08. The Kier molecular flexibility index (Phi) is 13.5. The van der Waals surface area contributed by atoms with Crippen molar-refractivity contribution in [2.45, 2.75) is 90.1 Å². The molecule has 0 heterocycles. The molecule has 1 aliphatic rings. The second kappa shape index (κ2) is 17.0. The Morgan fingerprint density at radius 1 is 0.864 bits per heavy atom. The van der Waals surface area contributed by atoms with Crippen molar-refractivity contribution in [3.63, 3.8) is 0 Å². The summed E-state index contributed by atoms with van der Waals surface area (Å²) in [6.07, 6.45) is 8.81. The van der Waals surface area contributed by atoms with Crippen LogP contribution in [0.15, 0.2) is 72.8 Å². The van der Waals surface area contributed by atoms with E-state index in [1.807, 2.05) is 12.1 Å². The molecular formula is C37H46F2O5. The highest BCUT2D eigenvalue weighted by molar-refractivity contribution is 5.89. The minimum absolute atomic E-state index is 0.0499. The molecule has 2 aromatic carbocycles. The van der Waals surface area contributed by atoms with Crippen LogP contribution in [0.1, 0.15) is 106 Å². The lowest BCUT2D eigenvalue weighted by Crippen LogP contribution is -2.22. The van der Waals surface area contributed by atoms with E-state index in [2.05, 4.69) is 20.1 Å². The number of unbranched alkanes of at least 4 members (excludes halogenated alkanes) is 2. The highest BCUT2D eigenvalue weighted by atomic mass is 19.2. The fraction of sp³-hybridized carbons (Fsp3) is 0.459. The summed E-state index contributed by atoms with van der Waals surface area (Å²) in [4.78, 5) is 24.1. The molecule has 1 N–H and O–H groups in total. The van der Waals surface area contributed by atoms with Crippen LogP contribution in [0, 0.1) is 5.92 Å². The van der Waals surface area contributed by atoms with E-state index >= 15 is 8.78 Å². The quantitative estimate of drug-likeness (QED) is 0.0946. The van der Waals surface area contributed by atoms with E-state index < -0.39 is 35.6 Å². The van der Waals surface area contributed by atoms with Crippen molar-refractivity contribution in [2.24, 2.45) is 5.92 Å². The lowest BCUT2D eigenvalue weighted by Gasteiger charge is -2.29. The molecule has 2 atom stereocenters. The van der Waals surface area contributed by atoms with Crippen molar-refractivity contribution >= 4 is 23.6 Å². The van der Waals surface area contributed by atoms with Crippen LogP contribution in [0.3, 0.4) is 0 Å². The lowest BCUT2D eigenvalue weighted by molar-refractivity contribution is -0.143. The van der Waals surface area contributed by atoms with Gasteiger partial charge in [-0.05, 0) is 62.5 Å². The van der Waals surface area contributed by atoms with Crippen LogP contribution in [0.4, 0.5) is 8.78 Å². The van der Waals surface area contributed by atoms with Gasteiger partial charge in [-0.2, -0.15) is 0 Å². The van der Waals surface area contributed by atoms with Gasteiger partial charge in [0.2, 0.25) is 0 Å². The first-order valence-electron chi connectivity index (χ1n) is 15.6. The van der Waals surface area contributed by atoms with Crippen molar-refractivity contribution in [1.29, 1.82) is 0 Å². The van der Waals surface area contributed by atoms with Gasteiger partial charge in [-0.25, -0.2) is 18.4 Å². The van der Waals surface area contributed by atoms with Crippen LogP contribution < -0.4 is 0 Å². The topological polar surface area (TPSA) is 72.8 Å². The molecule has 238 valence electrons. The van der Waals surface area contributed by atoms with E-state index in [9.17, 15) is 14.7 Å². The van der Waals surface area contributed by atoms with E-state index in [-0.39, 0.29) is 35.5 Å². The minimum Gasteiger partial charge on any atom is -0.462 e. The third-order valence-corrected chi connectivity index (χ3v) is 8.47. The fourth-order valence-corrected chi connectivity index (χ4v) is 5.50. The van der Waals surface area contributed by atoms with Gasteiger partial charge < -0.3 is 14.6 Å². The van der Waals surface area contributed by atoms with Crippen molar-refractivity contribution < 1.29 is 33.0 Å². The molecule has 44 heavy (non-hydrogen) atoms. The van der Waals surface area contributed by atoms with Gasteiger partial charge in [0.05, 0.1) is 17.6 Å². The number of rotatable bonds is 15. The predicted molar refractivity (Wildman–Crippen MR) is 171 cm³/mol. The molecule has 5 nitrogen and oxygen atoms in total. The van der Waals surface area contributed by atoms with E-state index in [1.54, 1.807) is 24.3 Å². The number of ether oxygens (including phenoxy) is 2. The number of halogens is 2. The third kappa shape index (κ3) is 9.98. The molecule has 0 bridgehead atoms. The fourth-order valence-electron chi connectivity index (χ4n) is 5.50. The smallest absolute Gasteiger partial charge is 0.336 e. The SMILES string of the molecule is C=C(C)C(=O)OCC(COC(=O)C(=C)C(C)O)c1ccc(/C(F)=C(\F)c2ccc(C3CCC(CCCCC)CC3)cc2)cc1. The zero-order chi connectivity index (χ0) is 32.2. The van der Waals surface area contributed by atoms with E-state index in [4.69, 9.17) is 9.47 Å². The Hall–Kier alpha value is -3.58. The Morgan fingerprint density at radius 3 is 1.89 bits per heavy atom. The second-order valence-electron chi connectivity index (χ2n) is 12.0. The first kappa shape index (κ1) is 34.9. The molecule has 2 aromatic rings. The average Bonchev–Trinajstić information content (AvgIpc) is 3.04. The van der Waals surface area contributed by atoms with Crippen LogP contribution in [0.5, 0.6) is 0 Å². The summed E-state index contributed by atoms with van der Waals surface area (Å²) in [5.41, 5.74) is 2.08. The maximum atomic E-state index is 15.3. The summed E-state index contributed by atoms with van der Waals surface area (Å²) >= 11 is 0. The van der Waals surface area contributed by atoms with Gasteiger partial charge in [0.1, 0.15) is 13.2 Å². The molecule has 0 saturated heterocycles. The highest BCUT2D eigenvalue weighted by Crippen LogP contribution is 2.38. The maximum absolute atomic E-state index is 15.3. The molecule has 3 rings (SSSR count). The molecule has 0 aliphatic heterocycles. The van der Waals surface area contributed by atoms with Gasteiger partial charge in [0, 0.05) is 16.7 Å². The summed E-state index contributed by atoms with van der Waals surface area (Å²) in [6.45, 7) is 11.9. The molecule has 0 radical (unpaired) electrons. The van der Waals surface area contributed by atoms with Gasteiger partial charge in [-0.15, -0.1) is 0 Å². The van der Waals surface area contributed by atoms with E-state index in [0.29, 0.717) is 11.5 Å². The second-order valence-corrected chi connectivity index (χ2v) is 12.0. The van der Waals surface area contributed by atoms with Gasteiger partial charge in [0.25, 0.3) is 0 Å². The van der Waals surface area contributed by atoms with Crippen LogP contribution in [-0.2, 0) is 19.1 Å². The van der Waals surface area contributed by atoms with Crippen LogP contribution in [0.25, 0.3) is 11.7 Å². The third-order valence-electron chi connectivity index (χ3n) is 8.47. The largest absolute Gasteiger partial charge is 0.462 e. The highest BCUT2D eigenvalue weighted by Gasteiger charge is 2.23. The molecule has 0 aromatic heterocycles. The Morgan fingerprint density at radius 2 is 1.39 bits per heavy atom. The normalized spacial score (nSPS) is 18.5. The Bertz CT molecular complexity index is 1300. The maximum Gasteiger partial charge on any atom is 0.336 e. The molecule has 0 amide bonds. The van der Waals surface area contributed by atoms with Crippen LogP contribution >= 0.6 is 0 Å². The number of hydrogen-bond acceptors (Lipinski definition) is 5. The molecule has 7 heteroatoms. The molecule has 0 spiro atoms. The predicted octanol–water partition coefficient (Wildman–Crippen LogP) is 8.99. The zero-order valence-electron chi connectivity index (χ0n) is 26.2. The summed E-state index contributed by atoms with van der Waals surface area (Å²) < 4.78 is 41.0. The zero-order valence-corrected chi connectivity index (χ0v) is 26.2. The van der Waals surface area contributed by atoms with Gasteiger partial charge in [-0.3, -0.25) is 0 Å². The van der Waals surface area contributed by atoms with Crippen molar-refractivity contribution in [1.82, 2.24) is 0 Å². The van der Waals surface area contributed by atoms with Crippen LogP contribution in [-0.4, -0.2) is 36.4 Å². The summed E-state index contributed by atoms with van der Waals surface area (Å²) in [6, 6.07) is 13.1. The summed E-state index contributed by atoms with van der Waals surface area (Å²) in [5, 5.41) is 9.58. The first-order valence-corrected chi connectivity index (χ1v) is 15.6. The number of esters is 2. The summed E-state index contributed by atoms with van der Waals surface area (Å²) in [5.74, 6) is -2.65. The Balaban J connectivity index is 1.68. The molecule has 1 fully saturated rings. The Labute approximate surface area is 260 Å². The van der Waals surface area contributed by atoms with Crippen LogP contribution in [0.2, 0.25) is 0 Å². The average molecular weight is 609 g/mol. The standard InChI is InChI=1S/C37H46F2O5/c1-6-7-8-9-27-10-12-28(13-11-27)29-14-18-31(19-15-29)34(38)35(39)32-20-16-30(17-21-32)33(22-43-36(41)24(2)3)23-44-37(42)25(4)26(5)40/h14-21,26-28,33,40H,2,4,6-13,22-23H2,1,3,5H3/b35-34+. The number of aliphatic hydroxyl groups excluding tert-OH is 1. The lowest BCUT2D eigenvalue weighted by atomic mass is 9.77. The van der Waals surface area contributed by atoms with Gasteiger partial charge in [0.15, 0.2) is 11.7 Å². The van der Waals surface area contributed by atoms with E-state index in [1.165, 1.54) is 70.1 Å². The number of carbonyl (C=O) groups is 2. The van der Waals surface area contributed by atoms with Crippen molar-refractivity contribution in [2.75, 3.05) is 13.2 Å². The van der Waals surface area contributed by atoms with Crippen molar-refractivity contribution in [3.05, 3.63) is 95.1 Å². The molecule has 2 unspecified atom stereocenters. The number of benzene rings is 2. The number of aliphatic hydroxyl groups is 1. The van der Waals surface area contributed by atoms with E-state index in [0.717, 1.165) is 18.8 Å². The monoisotopic (exact) mass is 608 g/mol. The molecular weight excluding hydrogens is 562 g/mol. The first-order chi connectivity index (χ1) is 21.0.